The zero-order valence-electron chi connectivity index (χ0n) is 8.45. The summed E-state index contributed by atoms with van der Waals surface area (Å²) in [5.41, 5.74) is 1.99. The molecule has 2 rings (SSSR count). The summed E-state index contributed by atoms with van der Waals surface area (Å²) in [5.74, 6) is 0.664. The fourth-order valence-corrected chi connectivity index (χ4v) is 1.59. The Morgan fingerprint density at radius 2 is 2.21 bits per heavy atom. The molecular weight excluding hydrogens is 176 g/mol. The van der Waals surface area contributed by atoms with Crippen LogP contribution in [-0.4, -0.2) is 5.11 Å². The highest BCUT2D eigenvalue weighted by molar-refractivity contribution is 5.80. The van der Waals surface area contributed by atoms with E-state index in [1.807, 2.05) is 38.1 Å². The van der Waals surface area contributed by atoms with Crippen molar-refractivity contribution in [3.8, 4) is 0 Å². The number of furan rings is 1. The van der Waals surface area contributed by atoms with Crippen LogP contribution >= 0.6 is 0 Å². The summed E-state index contributed by atoms with van der Waals surface area (Å²) >= 11 is 0. The molecule has 2 heteroatoms. The van der Waals surface area contributed by atoms with Crippen LogP contribution in [0, 0.1) is 6.92 Å². The van der Waals surface area contributed by atoms with E-state index in [2.05, 4.69) is 0 Å². The quantitative estimate of drug-likeness (QED) is 0.789. The molecule has 0 saturated heterocycles. The van der Waals surface area contributed by atoms with Crippen LogP contribution in [0.25, 0.3) is 11.0 Å². The number of benzene rings is 1. The number of aliphatic hydroxyl groups excluding tert-OH is 1. The smallest absolute Gasteiger partial charge is 0.137 e. The second-order valence-electron chi connectivity index (χ2n) is 3.57. The SMILES string of the molecule is CCC(O)c1cc2cccc(C)c2o1. The molecule has 0 bridgehead atoms. The molecule has 1 unspecified atom stereocenters. The first-order valence-electron chi connectivity index (χ1n) is 4.89. The number of hydrogen-bond donors (Lipinski definition) is 1. The number of hydrogen-bond acceptors (Lipinski definition) is 2. The lowest BCUT2D eigenvalue weighted by Gasteiger charge is -2.01. The molecule has 0 aliphatic carbocycles. The summed E-state index contributed by atoms with van der Waals surface area (Å²) in [7, 11) is 0. The van der Waals surface area contributed by atoms with Gasteiger partial charge in [0.05, 0.1) is 0 Å². The van der Waals surface area contributed by atoms with Gasteiger partial charge in [-0.05, 0) is 25.0 Å². The first kappa shape index (κ1) is 9.28. The molecular formula is C12H14O2. The van der Waals surface area contributed by atoms with Gasteiger partial charge >= 0.3 is 0 Å². The third-order valence-electron chi connectivity index (χ3n) is 2.48. The minimum atomic E-state index is -0.484. The van der Waals surface area contributed by atoms with Gasteiger partial charge in [0, 0.05) is 5.39 Å². The normalized spacial score (nSPS) is 13.4. The molecule has 1 aromatic heterocycles. The highest BCUT2D eigenvalue weighted by Gasteiger charge is 2.11. The van der Waals surface area contributed by atoms with Crippen LogP contribution in [-0.2, 0) is 0 Å². The van der Waals surface area contributed by atoms with Crippen molar-refractivity contribution in [3.63, 3.8) is 0 Å². The Bertz CT molecular complexity index is 443. The van der Waals surface area contributed by atoms with E-state index < -0.39 is 6.10 Å². The monoisotopic (exact) mass is 190 g/mol. The Labute approximate surface area is 83.2 Å². The van der Waals surface area contributed by atoms with E-state index in [9.17, 15) is 5.11 Å². The average Bonchev–Trinajstić information content (AvgIpc) is 2.62. The van der Waals surface area contributed by atoms with Gasteiger partial charge in [0.25, 0.3) is 0 Å². The summed E-state index contributed by atoms with van der Waals surface area (Å²) in [4.78, 5) is 0. The summed E-state index contributed by atoms with van der Waals surface area (Å²) < 4.78 is 5.60. The van der Waals surface area contributed by atoms with Gasteiger partial charge in [0.1, 0.15) is 17.4 Å². The second-order valence-corrected chi connectivity index (χ2v) is 3.57. The van der Waals surface area contributed by atoms with Crippen molar-refractivity contribution >= 4 is 11.0 Å². The first-order chi connectivity index (χ1) is 6.72. The van der Waals surface area contributed by atoms with Crippen molar-refractivity contribution < 1.29 is 9.52 Å². The maximum absolute atomic E-state index is 9.63. The summed E-state index contributed by atoms with van der Waals surface area (Å²) in [5, 5.41) is 10.7. The lowest BCUT2D eigenvalue weighted by molar-refractivity contribution is 0.148. The average molecular weight is 190 g/mol. The highest BCUT2D eigenvalue weighted by atomic mass is 16.4. The number of para-hydroxylation sites is 1. The van der Waals surface area contributed by atoms with E-state index in [-0.39, 0.29) is 0 Å². The molecule has 1 heterocycles. The van der Waals surface area contributed by atoms with Gasteiger partial charge < -0.3 is 9.52 Å². The lowest BCUT2D eigenvalue weighted by atomic mass is 10.1. The molecule has 0 radical (unpaired) electrons. The van der Waals surface area contributed by atoms with Gasteiger partial charge in [0.2, 0.25) is 0 Å². The Morgan fingerprint density at radius 1 is 1.43 bits per heavy atom. The van der Waals surface area contributed by atoms with Gasteiger partial charge in [-0.15, -0.1) is 0 Å². The van der Waals surface area contributed by atoms with Crippen molar-refractivity contribution in [1.82, 2.24) is 0 Å². The van der Waals surface area contributed by atoms with E-state index in [4.69, 9.17) is 4.42 Å². The minimum absolute atomic E-state index is 0.484. The molecule has 1 N–H and O–H groups in total. The number of aliphatic hydroxyl groups is 1. The van der Waals surface area contributed by atoms with E-state index in [0.717, 1.165) is 16.5 Å². The molecule has 1 atom stereocenters. The van der Waals surface area contributed by atoms with Gasteiger partial charge in [-0.25, -0.2) is 0 Å². The molecule has 0 saturated carbocycles. The molecule has 0 fully saturated rings. The van der Waals surface area contributed by atoms with Gasteiger partial charge in [-0.2, -0.15) is 0 Å². The second kappa shape index (κ2) is 3.46. The predicted octanol–water partition coefficient (Wildman–Crippen LogP) is 3.18. The summed E-state index contributed by atoms with van der Waals surface area (Å²) in [6, 6.07) is 7.91. The van der Waals surface area contributed by atoms with E-state index in [0.29, 0.717) is 12.2 Å². The molecule has 0 spiro atoms. The Balaban J connectivity index is 2.56. The Hall–Kier alpha value is -1.28. The molecule has 2 aromatic rings. The Morgan fingerprint density at radius 3 is 2.86 bits per heavy atom. The first-order valence-corrected chi connectivity index (χ1v) is 4.89. The molecule has 0 aliphatic rings. The summed E-state index contributed by atoms with van der Waals surface area (Å²) in [6.45, 7) is 3.94. The van der Waals surface area contributed by atoms with E-state index in [1.54, 1.807) is 0 Å². The van der Waals surface area contributed by atoms with Crippen LogP contribution in [0.4, 0.5) is 0 Å². The maximum atomic E-state index is 9.63. The number of fused-ring (bicyclic) bond motifs is 1. The van der Waals surface area contributed by atoms with Crippen molar-refractivity contribution in [2.75, 3.05) is 0 Å². The third kappa shape index (κ3) is 1.42. The van der Waals surface area contributed by atoms with Gasteiger partial charge in [0.15, 0.2) is 0 Å². The molecule has 74 valence electrons. The van der Waals surface area contributed by atoms with Crippen LogP contribution in [0.15, 0.2) is 28.7 Å². The highest BCUT2D eigenvalue weighted by Crippen LogP contribution is 2.27. The van der Waals surface area contributed by atoms with Crippen LogP contribution in [0.2, 0.25) is 0 Å². The Kier molecular flexibility index (Phi) is 2.30. The molecule has 2 nitrogen and oxygen atoms in total. The zero-order chi connectivity index (χ0) is 10.1. The van der Waals surface area contributed by atoms with Crippen molar-refractivity contribution in [2.24, 2.45) is 0 Å². The van der Waals surface area contributed by atoms with Gasteiger partial charge in [-0.3, -0.25) is 0 Å². The molecule has 0 amide bonds. The predicted molar refractivity (Wildman–Crippen MR) is 56.2 cm³/mol. The van der Waals surface area contributed by atoms with Crippen LogP contribution in [0.1, 0.15) is 30.8 Å². The van der Waals surface area contributed by atoms with E-state index in [1.165, 1.54) is 0 Å². The number of rotatable bonds is 2. The topological polar surface area (TPSA) is 33.4 Å². The molecule has 0 aliphatic heterocycles. The maximum Gasteiger partial charge on any atom is 0.137 e. The van der Waals surface area contributed by atoms with Crippen molar-refractivity contribution in [2.45, 2.75) is 26.4 Å². The minimum Gasteiger partial charge on any atom is -0.458 e. The van der Waals surface area contributed by atoms with Crippen molar-refractivity contribution in [3.05, 3.63) is 35.6 Å². The van der Waals surface area contributed by atoms with Crippen LogP contribution in [0.5, 0.6) is 0 Å². The number of aryl methyl sites for hydroxylation is 1. The van der Waals surface area contributed by atoms with E-state index >= 15 is 0 Å². The molecule has 14 heavy (non-hydrogen) atoms. The molecule has 1 aromatic carbocycles. The standard InChI is InChI=1S/C12H14O2/c1-3-10(13)11-7-9-6-4-5-8(2)12(9)14-11/h4-7,10,13H,3H2,1-2H3. The van der Waals surface area contributed by atoms with Crippen LogP contribution < -0.4 is 0 Å². The third-order valence-corrected chi connectivity index (χ3v) is 2.48. The fraction of sp³-hybridized carbons (Fsp3) is 0.333. The zero-order valence-corrected chi connectivity index (χ0v) is 8.45. The largest absolute Gasteiger partial charge is 0.458 e. The fourth-order valence-electron chi connectivity index (χ4n) is 1.59. The van der Waals surface area contributed by atoms with Gasteiger partial charge in [-0.1, -0.05) is 25.1 Å². The van der Waals surface area contributed by atoms with Crippen molar-refractivity contribution in [1.29, 1.82) is 0 Å². The summed E-state index contributed by atoms with van der Waals surface area (Å²) in [6.07, 6.45) is 0.195. The lowest BCUT2D eigenvalue weighted by Crippen LogP contribution is -1.91. The van der Waals surface area contributed by atoms with Crippen LogP contribution in [0.3, 0.4) is 0 Å².